The van der Waals surface area contributed by atoms with Gasteiger partial charge in [0.15, 0.2) is 0 Å². The number of halogens is 2. The highest BCUT2D eigenvalue weighted by molar-refractivity contribution is 9.10. The van der Waals surface area contributed by atoms with Gasteiger partial charge in [-0.2, -0.15) is 0 Å². The summed E-state index contributed by atoms with van der Waals surface area (Å²) in [7, 11) is 0. The van der Waals surface area contributed by atoms with E-state index in [9.17, 15) is 0 Å². The van der Waals surface area contributed by atoms with Crippen LogP contribution in [0.5, 0.6) is 0 Å². The molecule has 82 valence electrons. The topological polar surface area (TPSA) is 35.0 Å². The van der Waals surface area contributed by atoms with Crippen molar-refractivity contribution >= 4 is 39.3 Å². The molecule has 0 bridgehead atoms. The van der Waals surface area contributed by atoms with Crippen molar-refractivity contribution in [2.75, 3.05) is 6.61 Å². The molecule has 2 rings (SSSR count). The van der Waals surface area contributed by atoms with E-state index < -0.39 is 0 Å². The first-order valence-corrected chi connectivity index (χ1v) is 6.68. The van der Waals surface area contributed by atoms with Gasteiger partial charge >= 0.3 is 0 Å². The molecule has 2 heterocycles. The Bertz CT molecular complexity index is 366. The summed E-state index contributed by atoms with van der Waals surface area (Å²) in [4.78, 5) is 8.10. The van der Waals surface area contributed by atoms with Gasteiger partial charge in [0.2, 0.25) is 0 Å². The lowest BCUT2D eigenvalue weighted by molar-refractivity contribution is 0.127. The molecule has 0 N–H and O–H groups in total. The van der Waals surface area contributed by atoms with Crippen LogP contribution in [0.4, 0.5) is 0 Å². The fourth-order valence-electron chi connectivity index (χ4n) is 1.43. The Hall–Kier alpha value is 0.160. The van der Waals surface area contributed by atoms with Gasteiger partial charge in [0.1, 0.15) is 16.5 Å². The summed E-state index contributed by atoms with van der Waals surface area (Å²) < 4.78 is 6.27. The van der Waals surface area contributed by atoms with Crippen LogP contribution in [0.1, 0.15) is 13.3 Å². The Balaban J connectivity index is 2.13. The molecular weight excluding hydrogens is 300 g/mol. The second kappa shape index (κ2) is 4.99. The Labute approximate surface area is 106 Å². The first kappa shape index (κ1) is 11.6. The van der Waals surface area contributed by atoms with Crippen molar-refractivity contribution in [1.82, 2.24) is 9.97 Å². The maximum absolute atomic E-state index is 5.89. The number of aromatic nitrogens is 2. The smallest absolute Gasteiger partial charge is 0.147 e. The quantitative estimate of drug-likeness (QED) is 0.786. The van der Waals surface area contributed by atoms with Gasteiger partial charge in [-0.25, -0.2) is 9.97 Å². The summed E-state index contributed by atoms with van der Waals surface area (Å²) in [5.74, 6) is 0. The van der Waals surface area contributed by atoms with Crippen molar-refractivity contribution in [3.63, 3.8) is 0 Å². The molecule has 1 aromatic rings. The van der Waals surface area contributed by atoms with Crippen molar-refractivity contribution in [3.05, 3.63) is 16.0 Å². The molecule has 1 aliphatic rings. The monoisotopic (exact) mass is 308 g/mol. The third kappa shape index (κ3) is 2.64. The average molecular weight is 310 g/mol. The van der Waals surface area contributed by atoms with Gasteiger partial charge in [-0.05, 0) is 29.3 Å². The zero-order valence-corrected chi connectivity index (χ0v) is 11.3. The van der Waals surface area contributed by atoms with E-state index in [4.69, 9.17) is 16.3 Å². The molecular formula is C9H10BrClN2OS. The Morgan fingerprint density at radius 2 is 2.40 bits per heavy atom. The van der Waals surface area contributed by atoms with Crippen LogP contribution in [0.2, 0.25) is 5.15 Å². The van der Waals surface area contributed by atoms with E-state index in [-0.39, 0.29) is 6.10 Å². The summed E-state index contributed by atoms with van der Waals surface area (Å²) in [6, 6.07) is 0. The summed E-state index contributed by atoms with van der Waals surface area (Å²) in [5.41, 5.74) is 0. The molecule has 2 atom stereocenters. The highest BCUT2D eigenvalue weighted by Gasteiger charge is 2.26. The molecule has 0 spiro atoms. The number of rotatable bonds is 2. The summed E-state index contributed by atoms with van der Waals surface area (Å²) >= 11 is 11.0. The first-order valence-electron chi connectivity index (χ1n) is 4.62. The number of thioether (sulfide) groups is 1. The molecule has 2 unspecified atom stereocenters. The van der Waals surface area contributed by atoms with Gasteiger partial charge in [-0.15, -0.1) is 0 Å². The standard InChI is InChI=1S/C9H10BrClN2OS/c1-5-6(2-3-14-5)15-9-7(10)8(11)12-4-13-9/h4-6H,2-3H2,1H3. The van der Waals surface area contributed by atoms with E-state index in [1.54, 1.807) is 11.8 Å². The lowest BCUT2D eigenvalue weighted by Crippen LogP contribution is -2.13. The molecule has 1 fully saturated rings. The van der Waals surface area contributed by atoms with Crippen LogP contribution in [-0.2, 0) is 4.74 Å². The molecule has 0 amide bonds. The van der Waals surface area contributed by atoms with E-state index >= 15 is 0 Å². The molecule has 0 aromatic carbocycles. The van der Waals surface area contributed by atoms with Crippen LogP contribution >= 0.6 is 39.3 Å². The minimum atomic E-state index is 0.274. The zero-order chi connectivity index (χ0) is 10.8. The number of ether oxygens (including phenoxy) is 1. The maximum atomic E-state index is 5.89. The van der Waals surface area contributed by atoms with Gasteiger partial charge in [-0.1, -0.05) is 23.4 Å². The lowest BCUT2D eigenvalue weighted by Gasteiger charge is -2.13. The Morgan fingerprint density at radius 1 is 1.60 bits per heavy atom. The number of hydrogen-bond donors (Lipinski definition) is 0. The molecule has 15 heavy (non-hydrogen) atoms. The van der Waals surface area contributed by atoms with E-state index in [1.807, 2.05) is 0 Å². The summed E-state index contributed by atoms with van der Waals surface area (Å²) in [6.45, 7) is 2.91. The van der Waals surface area contributed by atoms with E-state index in [1.165, 1.54) is 6.33 Å². The average Bonchev–Trinajstić information content (AvgIpc) is 2.60. The molecule has 0 radical (unpaired) electrons. The minimum absolute atomic E-state index is 0.274. The third-order valence-corrected chi connectivity index (χ3v) is 5.27. The largest absolute Gasteiger partial charge is 0.377 e. The highest BCUT2D eigenvalue weighted by Crippen LogP contribution is 2.36. The van der Waals surface area contributed by atoms with Crippen molar-refractivity contribution in [1.29, 1.82) is 0 Å². The van der Waals surface area contributed by atoms with Crippen LogP contribution in [0.3, 0.4) is 0 Å². The highest BCUT2D eigenvalue weighted by atomic mass is 79.9. The minimum Gasteiger partial charge on any atom is -0.377 e. The van der Waals surface area contributed by atoms with Gasteiger partial charge in [0.05, 0.1) is 10.6 Å². The maximum Gasteiger partial charge on any atom is 0.147 e. The molecule has 0 aliphatic carbocycles. The lowest BCUT2D eigenvalue weighted by atomic mass is 10.3. The van der Waals surface area contributed by atoms with E-state index in [0.29, 0.717) is 10.4 Å². The van der Waals surface area contributed by atoms with Crippen molar-refractivity contribution in [2.24, 2.45) is 0 Å². The van der Waals surface area contributed by atoms with Gasteiger partial charge in [0, 0.05) is 11.9 Å². The van der Waals surface area contributed by atoms with Crippen molar-refractivity contribution in [3.8, 4) is 0 Å². The van der Waals surface area contributed by atoms with Gasteiger partial charge in [0.25, 0.3) is 0 Å². The van der Waals surface area contributed by atoms with Crippen LogP contribution < -0.4 is 0 Å². The molecule has 1 aliphatic heterocycles. The summed E-state index contributed by atoms with van der Waals surface area (Å²) in [6.07, 6.45) is 2.81. The molecule has 1 aromatic heterocycles. The Morgan fingerprint density at radius 3 is 3.07 bits per heavy atom. The Kier molecular flexibility index (Phi) is 3.88. The van der Waals surface area contributed by atoms with Crippen LogP contribution in [0.25, 0.3) is 0 Å². The van der Waals surface area contributed by atoms with Gasteiger partial charge in [-0.3, -0.25) is 0 Å². The molecule has 6 heteroatoms. The molecule has 3 nitrogen and oxygen atoms in total. The zero-order valence-electron chi connectivity index (χ0n) is 8.11. The molecule has 1 saturated heterocycles. The van der Waals surface area contributed by atoms with E-state index in [2.05, 4.69) is 32.8 Å². The molecule has 0 saturated carbocycles. The third-order valence-electron chi connectivity index (χ3n) is 2.28. The predicted molar refractivity (Wildman–Crippen MR) is 64.4 cm³/mol. The fraction of sp³-hybridized carbons (Fsp3) is 0.556. The van der Waals surface area contributed by atoms with Crippen LogP contribution in [0.15, 0.2) is 15.8 Å². The summed E-state index contributed by atoms with van der Waals surface area (Å²) in [5, 5.41) is 1.80. The normalized spacial score (nSPS) is 25.8. The van der Waals surface area contributed by atoms with Crippen molar-refractivity contribution in [2.45, 2.75) is 29.7 Å². The van der Waals surface area contributed by atoms with E-state index in [0.717, 1.165) is 22.5 Å². The van der Waals surface area contributed by atoms with Crippen molar-refractivity contribution < 1.29 is 4.74 Å². The predicted octanol–water partition coefficient (Wildman–Crippen LogP) is 3.16. The van der Waals surface area contributed by atoms with Gasteiger partial charge < -0.3 is 4.74 Å². The first-order chi connectivity index (χ1) is 7.18. The number of nitrogens with zero attached hydrogens (tertiary/aromatic N) is 2. The van der Waals surface area contributed by atoms with Crippen LogP contribution in [-0.4, -0.2) is 27.9 Å². The van der Waals surface area contributed by atoms with Crippen LogP contribution in [0, 0.1) is 0 Å². The number of hydrogen-bond acceptors (Lipinski definition) is 4. The fourth-order valence-corrected chi connectivity index (χ4v) is 3.18. The second-order valence-electron chi connectivity index (χ2n) is 3.30. The SMILES string of the molecule is CC1OCCC1Sc1ncnc(Cl)c1Br. The second-order valence-corrected chi connectivity index (χ2v) is 5.68.